The van der Waals surface area contributed by atoms with Crippen molar-refractivity contribution in [2.45, 2.75) is 0 Å². The zero-order valence-electron chi connectivity index (χ0n) is 8.76. The fraction of sp³-hybridized carbons (Fsp3) is 0. The number of hydrogen-bond donors (Lipinski definition) is 1. The van der Waals surface area contributed by atoms with Gasteiger partial charge in [0.15, 0.2) is 0 Å². The summed E-state index contributed by atoms with van der Waals surface area (Å²) in [7, 11) is 0. The average molecular weight is 249 g/mol. The zero-order valence-corrected chi connectivity index (χ0v) is 9.52. The molecule has 0 saturated heterocycles. The molecule has 1 N–H and O–H groups in total. The topological polar surface area (TPSA) is 55.2 Å². The number of hydrogen-bond acceptors (Lipinski definition) is 3. The molecule has 17 heavy (non-hydrogen) atoms. The van der Waals surface area contributed by atoms with Crippen LogP contribution in [-0.2, 0) is 0 Å². The van der Waals surface area contributed by atoms with E-state index in [4.69, 9.17) is 11.6 Å². The summed E-state index contributed by atoms with van der Waals surface area (Å²) < 4.78 is 0. The maximum Gasteiger partial charge on any atom is 0.269 e. The smallest absolute Gasteiger partial charge is 0.269 e. The van der Waals surface area contributed by atoms with Crippen molar-refractivity contribution in [2.24, 2.45) is 0 Å². The van der Waals surface area contributed by atoms with Gasteiger partial charge in [0.2, 0.25) is 0 Å². The lowest BCUT2D eigenvalue weighted by atomic mass is 10.2. The maximum atomic E-state index is 10.5. The van der Waals surface area contributed by atoms with Crippen LogP contribution in [0, 0.1) is 10.1 Å². The molecule has 0 unspecified atom stereocenters. The first-order valence-corrected chi connectivity index (χ1v) is 5.30. The van der Waals surface area contributed by atoms with Gasteiger partial charge in [-0.05, 0) is 36.4 Å². The van der Waals surface area contributed by atoms with Gasteiger partial charge in [-0.1, -0.05) is 11.6 Å². The molecule has 0 aliphatic carbocycles. The summed E-state index contributed by atoms with van der Waals surface area (Å²) in [6.45, 7) is 0. The van der Waals surface area contributed by atoms with Crippen LogP contribution >= 0.6 is 11.6 Å². The Kier molecular flexibility index (Phi) is 3.25. The summed E-state index contributed by atoms with van der Waals surface area (Å²) in [6.07, 6.45) is 0. The van der Waals surface area contributed by atoms with Crippen molar-refractivity contribution in [2.75, 3.05) is 5.32 Å². The minimum atomic E-state index is -0.425. The molecule has 86 valence electrons. The first-order valence-electron chi connectivity index (χ1n) is 4.92. The van der Waals surface area contributed by atoms with Crippen LogP contribution in [0.2, 0.25) is 5.02 Å². The molecule has 0 saturated carbocycles. The number of nitro groups is 1. The minimum Gasteiger partial charge on any atom is -0.356 e. The average Bonchev–Trinajstić information content (AvgIpc) is 2.33. The van der Waals surface area contributed by atoms with E-state index in [1.807, 2.05) is 12.1 Å². The lowest BCUT2D eigenvalue weighted by molar-refractivity contribution is -0.384. The number of nitro benzene ring substituents is 1. The number of benzene rings is 2. The Balaban J connectivity index is 2.13. The molecule has 2 rings (SSSR count). The van der Waals surface area contributed by atoms with Crippen molar-refractivity contribution in [1.82, 2.24) is 0 Å². The van der Waals surface area contributed by atoms with Crippen molar-refractivity contribution in [3.63, 3.8) is 0 Å². The Morgan fingerprint density at radius 1 is 0.941 bits per heavy atom. The van der Waals surface area contributed by atoms with Crippen molar-refractivity contribution in [3.05, 3.63) is 63.7 Å². The summed E-state index contributed by atoms with van der Waals surface area (Å²) in [5.74, 6) is 0. The number of nitrogens with one attached hydrogen (secondary N) is 1. The van der Waals surface area contributed by atoms with E-state index in [0.717, 1.165) is 11.4 Å². The van der Waals surface area contributed by atoms with E-state index in [9.17, 15) is 10.1 Å². The third kappa shape index (κ3) is 2.95. The highest BCUT2D eigenvalue weighted by Gasteiger charge is 2.03. The monoisotopic (exact) mass is 248 g/mol. The Labute approximate surface area is 103 Å². The fourth-order valence-corrected chi connectivity index (χ4v) is 1.49. The van der Waals surface area contributed by atoms with E-state index >= 15 is 0 Å². The predicted molar refractivity (Wildman–Crippen MR) is 67.8 cm³/mol. The van der Waals surface area contributed by atoms with Gasteiger partial charge in [-0.15, -0.1) is 0 Å². The lowest BCUT2D eigenvalue weighted by Gasteiger charge is -2.05. The van der Waals surface area contributed by atoms with Crippen molar-refractivity contribution < 1.29 is 4.92 Å². The molecule has 0 aliphatic rings. The quantitative estimate of drug-likeness (QED) is 0.660. The molecule has 0 atom stereocenters. The van der Waals surface area contributed by atoms with Gasteiger partial charge >= 0.3 is 0 Å². The normalized spacial score (nSPS) is 9.94. The SMILES string of the molecule is O=[N+]([O-])c1ccc(Nc2ccc(Cl)cc2)cc1. The molecule has 0 radical (unpaired) electrons. The number of nitrogens with zero attached hydrogens (tertiary/aromatic N) is 1. The summed E-state index contributed by atoms with van der Waals surface area (Å²) in [5, 5.41) is 14.3. The molecule has 2 aromatic rings. The van der Waals surface area contributed by atoms with E-state index in [-0.39, 0.29) is 5.69 Å². The molecule has 2 aromatic carbocycles. The van der Waals surface area contributed by atoms with E-state index in [2.05, 4.69) is 5.32 Å². The van der Waals surface area contributed by atoms with E-state index < -0.39 is 4.92 Å². The summed E-state index contributed by atoms with van der Waals surface area (Å²) in [6, 6.07) is 13.5. The molecule has 0 aromatic heterocycles. The van der Waals surface area contributed by atoms with Gasteiger partial charge in [-0.3, -0.25) is 10.1 Å². The molecule has 0 fully saturated rings. The first-order chi connectivity index (χ1) is 8.15. The molecular formula is C12H9ClN2O2. The summed E-state index contributed by atoms with van der Waals surface area (Å²) >= 11 is 5.77. The van der Waals surface area contributed by atoms with Gasteiger partial charge in [-0.2, -0.15) is 0 Å². The molecule has 0 bridgehead atoms. The molecule has 0 aliphatic heterocycles. The fourth-order valence-electron chi connectivity index (χ4n) is 1.37. The van der Waals surface area contributed by atoms with Crippen LogP contribution in [0.3, 0.4) is 0 Å². The number of rotatable bonds is 3. The predicted octanol–water partition coefficient (Wildman–Crippen LogP) is 3.99. The minimum absolute atomic E-state index is 0.0756. The highest BCUT2D eigenvalue weighted by atomic mass is 35.5. The lowest BCUT2D eigenvalue weighted by Crippen LogP contribution is -1.91. The maximum absolute atomic E-state index is 10.5. The van der Waals surface area contributed by atoms with Crippen molar-refractivity contribution in [1.29, 1.82) is 0 Å². The number of non-ortho nitro benzene ring substituents is 1. The molecule has 0 amide bonds. The largest absolute Gasteiger partial charge is 0.356 e. The van der Waals surface area contributed by atoms with Gasteiger partial charge < -0.3 is 5.32 Å². The third-order valence-electron chi connectivity index (χ3n) is 2.21. The van der Waals surface area contributed by atoms with E-state index in [0.29, 0.717) is 5.02 Å². The van der Waals surface area contributed by atoms with Gasteiger partial charge in [0.05, 0.1) is 4.92 Å². The standard InChI is InChI=1S/C12H9ClN2O2/c13-9-1-3-10(4-2-9)14-11-5-7-12(8-6-11)15(16)17/h1-8,14H. The van der Waals surface area contributed by atoms with Crippen LogP contribution in [0.1, 0.15) is 0 Å². The highest BCUT2D eigenvalue weighted by Crippen LogP contribution is 2.21. The third-order valence-corrected chi connectivity index (χ3v) is 2.46. The van der Waals surface area contributed by atoms with Gasteiger partial charge in [0.25, 0.3) is 5.69 Å². The molecule has 4 nitrogen and oxygen atoms in total. The number of anilines is 2. The van der Waals surface area contributed by atoms with Crippen LogP contribution in [0.5, 0.6) is 0 Å². The summed E-state index contributed by atoms with van der Waals surface area (Å²) in [4.78, 5) is 10.1. The first kappa shape index (κ1) is 11.4. The molecule has 0 spiro atoms. The van der Waals surface area contributed by atoms with Crippen LogP contribution in [0.4, 0.5) is 17.1 Å². The van der Waals surface area contributed by atoms with E-state index in [1.165, 1.54) is 12.1 Å². The van der Waals surface area contributed by atoms with Gasteiger partial charge in [0, 0.05) is 28.5 Å². The summed E-state index contributed by atoms with van der Waals surface area (Å²) in [5.41, 5.74) is 1.74. The van der Waals surface area contributed by atoms with Crippen LogP contribution in [-0.4, -0.2) is 4.92 Å². The Bertz CT molecular complexity index is 523. The van der Waals surface area contributed by atoms with Crippen LogP contribution in [0.15, 0.2) is 48.5 Å². The Hall–Kier alpha value is -2.07. The van der Waals surface area contributed by atoms with Crippen molar-refractivity contribution >= 4 is 28.7 Å². The van der Waals surface area contributed by atoms with Gasteiger partial charge in [0.1, 0.15) is 0 Å². The number of halogens is 1. The van der Waals surface area contributed by atoms with E-state index in [1.54, 1.807) is 24.3 Å². The van der Waals surface area contributed by atoms with Gasteiger partial charge in [-0.25, -0.2) is 0 Å². The highest BCUT2D eigenvalue weighted by molar-refractivity contribution is 6.30. The zero-order chi connectivity index (χ0) is 12.3. The Morgan fingerprint density at radius 3 is 1.88 bits per heavy atom. The van der Waals surface area contributed by atoms with Crippen LogP contribution < -0.4 is 5.32 Å². The van der Waals surface area contributed by atoms with Crippen LogP contribution in [0.25, 0.3) is 0 Å². The molecule has 0 heterocycles. The second-order valence-corrected chi connectivity index (χ2v) is 3.87. The molecule has 5 heteroatoms. The second-order valence-electron chi connectivity index (χ2n) is 3.44. The van der Waals surface area contributed by atoms with Crippen molar-refractivity contribution in [3.8, 4) is 0 Å². The molecular weight excluding hydrogens is 240 g/mol. The second kappa shape index (κ2) is 4.84. The Morgan fingerprint density at radius 2 is 1.41 bits per heavy atom.